The monoisotopic (exact) mass is 547 g/mol. The van der Waals surface area contributed by atoms with E-state index in [1.165, 1.54) is 30.0 Å². The van der Waals surface area contributed by atoms with Gasteiger partial charge in [-0.25, -0.2) is 9.37 Å². The molecule has 9 nitrogen and oxygen atoms in total. The molecule has 1 aliphatic heterocycles. The van der Waals surface area contributed by atoms with E-state index in [2.05, 4.69) is 27.1 Å². The van der Waals surface area contributed by atoms with Gasteiger partial charge in [-0.15, -0.1) is 0 Å². The zero-order valence-corrected chi connectivity index (χ0v) is 23.2. The standard InChI is InChI=1S/C30H34FN5O4/c1-5-12-36-13-6-7-20(18-36)34-30-33-17-22(29(37)35(30)2)19-8-9-26(23(31)14-19)40-25-10-11-32-24-16-28(39-4)27(38-3)15-21(24)25/h8-11,14-17,20H,5-7,12-13,18H2,1-4H3,(H,33,34). The van der Waals surface area contributed by atoms with Crippen LogP contribution in [-0.2, 0) is 7.05 Å². The van der Waals surface area contributed by atoms with E-state index in [1.807, 2.05) is 0 Å². The first kappa shape index (κ1) is 27.4. The Morgan fingerprint density at radius 3 is 2.60 bits per heavy atom. The van der Waals surface area contributed by atoms with Crippen LogP contribution in [0.15, 0.2) is 53.6 Å². The van der Waals surface area contributed by atoms with Crippen molar-refractivity contribution >= 4 is 16.9 Å². The van der Waals surface area contributed by atoms with Gasteiger partial charge in [0.15, 0.2) is 23.1 Å². The maximum absolute atomic E-state index is 15.3. The molecule has 0 amide bonds. The summed E-state index contributed by atoms with van der Waals surface area (Å²) in [7, 11) is 4.77. The highest BCUT2D eigenvalue weighted by molar-refractivity contribution is 5.88. The molecule has 0 bridgehead atoms. The van der Waals surface area contributed by atoms with Crippen LogP contribution in [-0.4, -0.2) is 59.3 Å². The predicted molar refractivity (Wildman–Crippen MR) is 153 cm³/mol. The number of rotatable bonds is 9. The number of nitrogens with zero attached hydrogens (tertiary/aromatic N) is 4. The molecule has 210 valence electrons. The molecular formula is C30H34FN5O4. The second kappa shape index (κ2) is 11.9. The van der Waals surface area contributed by atoms with Crippen molar-refractivity contribution in [1.29, 1.82) is 0 Å². The van der Waals surface area contributed by atoms with Crippen LogP contribution in [0, 0.1) is 5.82 Å². The Kier molecular flexibility index (Phi) is 8.16. The third-order valence-electron chi connectivity index (χ3n) is 7.22. The first-order valence-corrected chi connectivity index (χ1v) is 13.4. The molecule has 40 heavy (non-hydrogen) atoms. The highest BCUT2D eigenvalue weighted by atomic mass is 19.1. The lowest BCUT2D eigenvalue weighted by molar-refractivity contribution is 0.216. The summed E-state index contributed by atoms with van der Waals surface area (Å²) in [5.41, 5.74) is 1.08. The van der Waals surface area contributed by atoms with Gasteiger partial charge in [-0.2, -0.15) is 0 Å². The smallest absolute Gasteiger partial charge is 0.262 e. The third kappa shape index (κ3) is 5.58. The van der Waals surface area contributed by atoms with Crippen molar-refractivity contribution in [2.24, 2.45) is 7.05 Å². The number of piperidine rings is 1. The number of ether oxygens (including phenoxy) is 3. The van der Waals surface area contributed by atoms with Gasteiger partial charge in [0, 0.05) is 43.5 Å². The molecule has 5 rings (SSSR count). The Morgan fingerprint density at radius 1 is 1.05 bits per heavy atom. The van der Waals surface area contributed by atoms with Crippen LogP contribution < -0.4 is 25.1 Å². The van der Waals surface area contributed by atoms with Gasteiger partial charge in [-0.3, -0.25) is 14.3 Å². The lowest BCUT2D eigenvalue weighted by Gasteiger charge is -2.33. The van der Waals surface area contributed by atoms with Crippen molar-refractivity contribution < 1.29 is 18.6 Å². The molecule has 4 aromatic rings. The van der Waals surface area contributed by atoms with Crippen LogP contribution in [0.2, 0.25) is 0 Å². The molecule has 10 heteroatoms. The molecule has 3 heterocycles. The molecule has 1 saturated heterocycles. The fourth-order valence-corrected chi connectivity index (χ4v) is 5.16. The van der Waals surface area contributed by atoms with E-state index in [0.717, 1.165) is 38.9 Å². The first-order valence-electron chi connectivity index (χ1n) is 13.4. The molecule has 0 spiro atoms. The largest absolute Gasteiger partial charge is 0.493 e. The molecule has 2 aromatic heterocycles. The van der Waals surface area contributed by atoms with Crippen molar-refractivity contribution in [2.45, 2.75) is 32.2 Å². The van der Waals surface area contributed by atoms with Gasteiger partial charge in [-0.05, 0) is 62.2 Å². The molecule has 0 radical (unpaired) electrons. The molecule has 1 N–H and O–H groups in total. The van der Waals surface area contributed by atoms with Gasteiger partial charge in [0.05, 0.1) is 25.3 Å². The maximum Gasteiger partial charge on any atom is 0.262 e. The summed E-state index contributed by atoms with van der Waals surface area (Å²) in [5, 5.41) is 4.07. The van der Waals surface area contributed by atoms with Crippen LogP contribution in [0.25, 0.3) is 22.0 Å². The minimum absolute atomic E-state index is 0.0167. The number of halogens is 1. The van der Waals surface area contributed by atoms with Crippen molar-refractivity contribution in [3.05, 3.63) is 65.0 Å². The Hall–Kier alpha value is -4.18. The maximum atomic E-state index is 15.3. The molecule has 1 fully saturated rings. The summed E-state index contributed by atoms with van der Waals surface area (Å²) in [6, 6.07) is 9.80. The third-order valence-corrected chi connectivity index (χ3v) is 7.22. The van der Waals surface area contributed by atoms with E-state index in [0.29, 0.717) is 45.2 Å². The minimum Gasteiger partial charge on any atom is -0.493 e. The summed E-state index contributed by atoms with van der Waals surface area (Å²) in [4.78, 5) is 24.5. The lowest BCUT2D eigenvalue weighted by Crippen LogP contribution is -2.43. The van der Waals surface area contributed by atoms with E-state index >= 15 is 4.39 Å². The van der Waals surface area contributed by atoms with Crippen molar-refractivity contribution in [3.8, 4) is 34.1 Å². The van der Waals surface area contributed by atoms with Crippen molar-refractivity contribution in [1.82, 2.24) is 19.4 Å². The van der Waals surface area contributed by atoms with Gasteiger partial charge in [0.2, 0.25) is 5.95 Å². The van der Waals surface area contributed by atoms with Crippen LogP contribution in [0.4, 0.5) is 10.3 Å². The number of methoxy groups -OCH3 is 2. The Bertz CT molecular complexity index is 1570. The van der Waals surface area contributed by atoms with E-state index in [4.69, 9.17) is 14.2 Å². The summed E-state index contributed by atoms with van der Waals surface area (Å²) >= 11 is 0. The fourth-order valence-electron chi connectivity index (χ4n) is 5.16. The van der Waals surface area contributed by atoms with Crippen LogP contribution in [0.1, 0.15) is 26.2 Å². The summed E-state index contributed by atoms with van der Waals surface area (Å²) in [6.07, 6.45) is 6.33. The highest BCUT2D eigenvalue weighted by Crippen LogP contribution is 2.37. The SMILES string of the molecule is CCCN1CCCC(Nc2ncc(-c3ccc(Oc4ccnc5cc(OC)c(OC)cc45)c(F)c3)c(=O)n2C)C1. The van der Waals surface area contributed by atoms with Crippen LogP contribution in [0.5, 0.6) is 23.0 Å². The minimum atomic E-state index is -0.606. The highest BCUT2D eigenvalue weighted by Gasteiger charge is 2.21. The number of likely N-dealkylation sites (tertiary alicyclic amines) is 1. The molecular weight excluding hydrogens is 513 g/mol. The van der Waals surface area contributed by atoms with Gasteiger partial charge >= 0.3 is 0 Å². The predicted octanol–water partition coefficient (Wildman–Crippen LogP) is 5.23. The summed E-state index contributed by atoms with van der Waals surface area (Å²) < 4.78 is 33.5. The number of fused-ring (bicyclic) bond motifs is 1. The van der Waals surface area contributed by atoms with E-state index in [9.17, 15) is 4.79 Å². The number of aromatic nitrogens is 3. The number of pyridine rings is 1. The first-order chi connectivity index (χ1) is 19.4. The molecule has 1 unspecified atom stereocenters. The number of anilines is 1. The number of hydrogen-bond donors (Lipinski definition) is 1. The van der Waals surface area contributed by atoms with Gasteiger partial charge in [0.1, 0.15) is 5.75 Å². The van der Waals surface area contributed by atoms with Crippen LogP contribution in [0.3, 0.4) is 0 Å². The van der Waals surface area contributed by atoms with Gasteiger partial charge < -0.3 is 24.4 Å². The zero-order valence-electron chi connectivity index (χ0n) is 23.2. The quantitative estimate of drug-likeness (QED) is 0.305. The molecule has 0 saturated carbocycles. The van der Waals surface area contributed by atoms with Crippen molar-refractivity contribution in [3.63, 3.8) is 0 Å². The molecule has 1 atom stereocenters. The normalized spacial score (nSPS) is 15.7. The average molecular weight is 548 g/mol. The second-order valence-corrected chi connectivity index (χ2v) is 9.92. The average Bonchev–Trinajstić information content (AvgIpc) is 2.96. The van der Waals surface area contributed by atoms with Crippen molar-refractivity contribution in [2.75, 3.05) is 39.2 Å². The fraction of sp³-hybridized carbons (Fsp3) is 0.367. The second-order valence-electron chi connectivity index (χ2n) is 9.92. The van der Waals surface area contributed by atoms with E-state index in [-0.39, 0.29) is 17.4 Å². The topological polar surface area (TPSA) is 90.7 Å². The Morgan fingerprint density at radius 2 is 1.85 bits per heavy atom. The number of hydrogen-bond acceptors (Lipinski definition) is 8. The van der Waals surface area contributed by atoms with Gasteiger partial charge in [-0.1, -0.05) is 13.0 Å². The Balaban J connectivity index is 1.37. The number of nitrogens with one attached hydrogen (secondary N) is 1. The summed E-state index contributed by atoms with van der Waals surface area (Å²) in [5.74, 6) is 1.36. The number of benzene rings is 2. The molecule has 1 aliphatic rings. The molecule has 2 aromatic carbocycles. The van der Waals surface area contributed by atoms with Gasteiger partial charge in [0.25, 0.3) is 5.56 Å². The summed E-state index contributed by atoms with van der Waals surface area (Å²) in [6.45, 7) is 5.27. The Labute approximate surface area is 232 Å². The lowest BCUT2D eigenvalue weighted by atomic mass is 10.1. The molecule has 0 aliphatic carbocycles. The van der Waals surface area contributed by atoms with E-state index in [1.54, 1.807) is 44.6 Å². The zero-order chi connectivity index (χ0) is 28.2. The van der Waals surface area contributed by atoms with Crippen LogP contribution >= 0.6 is 0 Å². The van der Waals surface area contributed by atoms with E-state index < -0.39 is 5.82 Å².